The molecular formula is C19H19BrN2O5S. The van der Waals surface area contributed by atoms with E-state index in [1.807, 2.05) is 0 Å². The highest BCUT2D eigenvalue weighted by Gasteiger charge is 2.38. The lowest BCUT2D eigenvalue weighted by Gasteiger charge is -2.30. The second kappa shape index (κ2) is 7.48. The number of sulfonamides is 1. The minimum atomic E-state index is -4.04. The maximum absolute atomic E-state index is 13.1. The van der Waals surface area contributed by atoms with E-state index in [-0.39, 0.29) is 4.91 Å². The van der Waals surface area contributed by atoms with Crippen LogP contribution in [0.4, 0.5) is 11.4 Å². The van der Waals surface area contributed by atoms with Gasteiger partial charge in [0.15, 0.2) is 16.4 Å². The monoisotopic (exact) mass is 466 g/mol. The molecule has 0 atom stereocenters. The van der Waals surface area contributed by atoms with Crippen molar-refractivity contribution in [3.05, 3.63) is 51.3 Å². The summed E-state index contributed by atoms with van der Waals surface area (Å²) < 4.78 is 38.6. The Bertz CT molecular complexity index is 1080. The van der Waals surface area contributed by atoms with Crippen molar-refractivity contribution in [1.29, 1.82) is 0 Å². The summed E-state index contributed by atoms with van der Waals surface area (Å²) >= 11 is 3.32. The smallest absolute Gasteiger partial charge is 0.269 e. The number of rotatable bonds is 4. The van der Waals surface area contributed by atoms with E-state index < -0.39 is 15.9 Å². The predicted molar refractivity (Wildman–Crippen MR) is 112 cm³/mol. The molecule has 0 radical (unpaired) electrons. The maximum atomic E-state index is 13.1. The van der Waals surface area contributed by atoms with Crippen LogP contribution >= 0.6 is 15.9 Å². The summed E-state index contributed by atoms with van der Waals surface area (Å²) in [6, 6.07) is 10.1. The lowest BCUT2D eigenvalue weighted by molar-refractivity contribution is -0.112. The molecule has 1 heterocycles. The zero-order valence-corrected chi connectivity index (χ0v) is 18.1. The van der Waals surface area contributed by atoms with Crippen LogP contribution in [0.3, 0.4) is 0 Å². The number of amides is 1. The Hall–Kier alpha value is -2.52. The van der Waals surface area contributed by atoms with Crippen LogP contribution in [0.2, 0.25) is 0 Å². The Balaban J connectivity index is 2.14. The molecule has 3 rings (SSSR count). The first kappa shape index (κ1) is 20.2. The Labute approximate surface area is 172 Å². The lowest BCUT2D eigenvalue weighted by Crippen LogP contribution is -2.36. The number of nitrogens with zero attached hydrogens (tertiary/aromatic N) is 1. The van der Waals surface area contributed by atoms with Gasteiger partial charge in [-0.1, -0.05) is 15.9 Å². The summed E-state index contributed by atoms with van der Waals surface area (Å²) in [5.74, 6) is 0.145. The van der Waals surface area contributed by atoms with Crippen LogP contribution in [0.5, 0.6) is 11.5 Å². The number of nitrogens with one attached hydrogen (secondary N) is 1. The van der Waals surface area contributed by atoms with Crippen LogP contribution in [-0.4, -0.2) is 35.6 Å². The second-order valence-corrected chi connectivity index (χ2v) is 8.93. The molecule has 7 nitrogen and oxygen atoms in total. The van der Waals surface area contributed by atoms with Gasteiger partial charge in [-0.3, -0.25) is 9.10 Å². The average Bonchev–Trinajstić information content (AvgIpc) is 2.67. The summed E-state index contributed by atoms with van der Waals surface area (Å²) in [6.45, 7) is 1.60. The van der Waals surface area contributed by atoms with E-state index in [4.69, 9.17) is 9.47 Å². The van der Waals surface area contributed by atoms with Gasteiger partial charge in [0.25, 0.3) is 15.9 Å². The third kappa shape index (κ3) is 3.35. The number of ether oxygens (including phenoxy) is 2. The number of carbonyl (C=O) groups is 1. The Morgan fingerprint density at radius 1 is 1.07 bits per heavy atom. The van der Waals surface area contributed by atoms with Gasteiger partial charge in [-0.15, -0.1) is 0 Å². The largest absolute Gasteiger partial charge is 0.493 e. The van der Waals surface area contributed by atoms with Crippen LogP contribution in [0, 0.1) is 0 Å². The van der Waals surface area contributed by atoms with Gasteiger partial charge in [0.05, 0.1) is 19.9 Å². The molecule has 2 aromatic rings. The summed E-state index contributed by atoms with van der Waals surface area (Å²) in [5, 5.41) is 2.65. The average molecular weight is 467 g/mol. The molecule has 0 fully saturated rings. The van der Waals surface area contributed by atoms with E-state index in [1.54, 1.807) is 43.3 Å². The molecule has 0 bridgehead atoms. The molecule has 9 heteroatoms. The number of benzene rings is 2. The molecule has 148 valence electrons. The fraction of sp³-hybridized carbons (Fsp3) is 0.211. The number of allylic oxidation sites excluding steroid dienone is 1. The standard InChI is InChI=1S/C19H19BrN2O5S/c1-11-14-9-16(26-3)17(27-4)10-15(14)22(2)28(24,25)18(11)19(23)21-13-7-5-12(20)6-8-13/h5-10H,1-4H3,(H,21,23). The van der Waals surface area contributed by atoms with Crippen molar-refractivity contribution in [2.24, 2.45) is 0 Å². The van der Waals surface area contributed by atoms with Crippen molar-refractivity contribution in [3.8, 4) is 11.5 Å². The zero-order chi connectivity index (χ0) is 20.6. The van der Waals surface area contributed by atoms with E-state index >= 15 is 0 Å². The van der Waals surface area contributed by atoms with E-state index in [1.165, 1.54) is 21.3 Å². The van der Waals surface area contributed by atoms with Gasteiger partial charge >= 0.3 is 0 Å². The number of fused-ring (bicyclic) bond motifs is 1. The lowest BCUT2D eigenvalue weighted by atomic mass is 10.0. The molecule has 28 heavy (non-hydrogen) atoms. The van der Waals surface area contributed by atoms with Crippen LogP contribution in [0.1, 0.15) is 12.5 Å². The molecule has 1 aliphatic heterocycles. The number of carbonyl (C=O) groups excluding carboxylic acids is 1. The normalized spacial score (nSPS) is 15.1. The van der Waals surface area contributed by atoms with E-state index in [9.17, 15) is 13.2 Å². The molecule has 0 aliphatic carbocycles. The Morgan fingerprint density at radius 3 is 2.21 bits per heavy atom. The van der Waals surface area contributed by atoms with Crippen LogP contribution in [-0.2, 0) is 14.8 Å². The van der Waals surface area contributed by atoms with E-state index in [0.717, 1.165) is 8.78 Å². The highest BCUT2D eigenvalue weighted by molar-refractivity contribution is 9.10. The van der Waals surface area contributed by atoms with Crippen LogP contribution in [0.15, 0.2) is 45.8 Å². The van der Waals surface area contributed by atoms with Crippen molar-refractivity contribution >= 4 is 48.8 Å². The van der Waals surface area contributed by atoms with Gasteiger partial charge in [0.2, 0.25) is 0 Å². The number of halogens is 1. The zero-order valence-electron chi connectivity index (χ0n) is 15.7. The Kier molecular flexibility index (Phi) is 5.40. The molecule has 2 aromatic carbocycles. The van der Waals surface area contributed by atoms with Crippen LogP contribution in [0.25, 0.3) is 5.57 Å². The maximum Gasteiger partial charge on any atom is 0.269 e. The number of hydrogen-bond donors (Lipinski definition) is 1. The van der Waals surface area contributed by atoms with Crippen molar-refractivity contribution < 1.29 is 22.7 Å². The molecule has 1 N–H and O–H groups in total. The highest BCUT2D eigenvalue weighted by Crippen LogP contribution is 2.44. The molecule has 0 unspecified atom stereocenters. The van der Waals surface area contributed by atoms with Crippen molar-refractivity contribution in [2.45, 2.75) is 6.92 Å². The fourth-order valence-corrected chi connectivity index (χ4v) is 4.75. The first-order chi connectivity index (χ1) is 13.2. The SMILES string of the molecule is COc1cc2c(cc1OC)N(C)S(=O)(=O)C(C(=O)Nc1ccc(Br)cc1)=C2C. The predicted octanol–water partition coefficient (Wildman–Crippen LogP) is 3.62. The molecule has 1 amide bonds. The Morgan fingerprint density at radius 2 is 1.64 bits per heavy atom. The number of methoxy groups -OCH3 is 2. The van der Waals surface area contributed by atoms with Gasteiger partial charge in [-0.25, -0.2) is 8.42 Å². The van der Waals surface area contributed by atoms with Gasteiger partial charge in [-0.2, -0.15) is 0 Å². The molecule has 0 aromatic heterocycles. The van der Waals surface area contributed by atoms with Crippen LogP contribution < -0.4 is 19.1 Å². The third-order valence-electron chi connectivity index (χ3n) is 4.51. The fourth-order valence-electron chi connectivity index (χ4n) is 3.02. The summed E-state index contributed by atoms with van der Waals surface area (Å²) in [7, 11) is 0.328. The molecule has 0 spiro atoms. The van der Waals surface area contributed by atoms with E-state index in [0.29, 0.717) is 34.0 Å². The number of hydrogen-bond acceptors (Lipinski definition) is 5. The molecule has 0 saturated carbocycles. The molecule has 1 aliphatic rings. The van der Waals surface area contributed by atoms with E-state index in [2.05, 4.69) is 21.2 Å². The highest BCUT2D eigenvalue weighted by atomic mass is 79.9. The third-order valence-corrected chi connectivity index (χ3v) is 6.97. The summed E-state index contributed by atoms with van der Waals surface area (Å²) in [4.78, 5) is 12.6. The summed E-state index contributed by atoms with van der Waals surface area (Å²) in [5.41, 5.74) is 1.82. The van der Waals surface area contributed by atoms with Gasteiger partial charge in [-0.05, 0) is 42.8 Å². The topological polar surface area (TPSA) is 84.9 Å². The number of anilines is 2. The van der Waals surface area contributed by atoms with Crippen molar-refractivity contribution in [1.82, 2.24) is 0 Å². The first-order valence-corrected chi connectivity index (χ1v) is 10.5. The minimum absolute atomic E-state index is 0.308. The molecule has 0 saturated heterocycles. The summed E-state index contributed by atoms with van der Waals surface area (Å²) in [6.07, 6.45) is 0. The van der Waals surface area contributed by atoms with Gasteiger partial charge in [0, 0.05) is 28.8 Å². The van der Waals surface area contributed by atoms with Crippen molar-refractivity contribution in [3.63, 3.8) is 0 Å². The first-order valence-electron chi connectivity index (χ1n) is 8.23. The van der Waals surface area contributed by atoms with Crippen molar-refractivity contribution in [2.75, 3.05) is 30.9 Å². The van der Waals surface area contributed by atoms with Gasteiger partial charge < -0.3 is 14.8 Å². The molecular weight excluding hydrogens is 448 g/mol. The quantitative estimate of drug-likeness (QED) is 0.743. The van der Waals surface area contributed by atoms with Gasteiger partial charge in [0.1, 0.15) is 0 Å². The second-order valence-electron chi connectivity index (χ2n) is 6.11. The minimum Gasteiger partial charge on any atom is -0.493 e.